The smallest absolute Gasteiger partial charge is 0.319 e. The first-order valence-electron chi connectivity index (χ1n) is 6.75. The Morgan fingerprint density at radius 1 is 1.27 bits per heavy atom. The Labute approximate surface area is 135 Å². The molecule has 1 heterocycles. The maximum absolute atomic E-state index is 13.7. The van der Waals surface area contributed by atoms with Crippen molar-refractivity contribution in [3.63, 3.8) is 0 Å². The largest absolute Gasteiger partial charge is 0.333 e. The fourth-order valence-electron chi connectivity index (χ4n) is 1.86. The van der Waals surface area contributed by atoms with Gasteiger partial charge in [-0.05, 0) is 36.8 Å². The van der Waals surface area contributed by atoms with Crippen LogP contribution in [-0.2, 0) is 23.8 Å². The number of aryl methyl sites for hydroxylation is 1. The fraction of sp³-hybridized carbons (Fsp3) is 0.267. The van der Waals surface area contributed by atoms with Gasteiger partial charge in [-0.25, -0.2) is 9.18 Å². The van der Waals surface area contributed by atoms with Crippen LogP contribution in [0.25, 0.3) is 0 Å². The highest BCUT2D eigenvalue weighted by Crippen LogP contribution is 2.18. The van der Waals surface area contributed by atoms with Crippen LogP contribution in [0.2, 0.25) is 0 Å². The number of nitrogens with one attached hydrogen (secondary N) is 2. The van der Waals surface area contributed by atoms with Crippen molar-refractivity contribution in [2.24, 2.45) is 0 Å². The standard InChI is InChI=1S/C15H17FN2O2S2/c1-3-11-5-6-12(21-11)9-17-15(19)18-10-4-7-14(22(2)20)13(16)8-10/h4-8H,3,9H2,1-2H3,(H2,17,18,19). The highest BCUT2D eigenvalue weighted by Gasteiger charge is 2.09. The first-order chi connectivity index (χ1) is 10.5. The quantitative estimate of drug-likeness (QED) is 0.875. The minimum Gasteiger partial charge on any atom is -0.333 e. The molecule has 1 aromatic heterocycles. The van der Waals surface area contributed by atoms with Crippen LogP contribution in [0.3, 0.4) is 0 Å². The summed E-state index contributed by atoms with van der Waals surface area (Å²) in [7, 11) is -1.39. The molecule has 7 heteroatoms. The predicted octanol–water partition coefficient (Wildman–Crippen LogP) is 3.51. The molecule has 22 heavy (non-hydrogen) atoms. The monoisotopic (exact) mass is 340 g/mol. The second-order valence-electron chi connectivity index (χ2n) is 4.63. The van der Waals surface area contributed by atoms with Crippen molar-refractivity contribution in [1.29, 1.82) is 0 Å². The zero-order valence-corrected chi connectivity index (χ0v) is 13.9. The number of anilines is 1. The van der Waals surface area contributed by atoms with Crippen molar-refractivity contribution in [3.8, 4) is 0 Å². The number of carbonyl (C=O) groups excluding carboxylic acids is 1. The van der Waals surface area contributed by atoms with Crippen LogP contribution < -0.4 is 10.6 Å². The van der Waals surface area contributed by atoms with Gasteiger partial charge in [0.15, 0.2) is 0 Å². The zero-order valence-electron chi connectivity index (χ0n) is 12.3. The topological polar surface area (TPSA) is 58.2 Å². The second kappa shape index (κ2) is 7.51. The number of rotatable bonds is 5. The molecule has 0 aliphatic heterocycles. The summed E-state index contributed by atoms with van der Waals surface area (Å²) in [5.41, 5.74) is 0.324. The van der Waals surface area contributed by atoms with E-state index in [1.54, 1.807) is 11.3 Å². The molecule has 118 valence electrons. The van der Waals surface area contributed by atoms with Crippen LogP contribution in [0, 0.1) is 5.82 Å². The van der Waals surface area contributed by atoms with Gasteiger partial charge in [-0.2, -0.15) is 0 Å². The molecule has 0 fully saturated rings. The lowest BCUT2D eigenvalue weighted by molar-refractivity contribution is 0.252. The molecular formula is C15H17FN2O2S2. The molecule has 2 aromatic rings. The van der Waals surface area contributed by atoms with E-state index in [2.05, 4.69) is 17.6 Å². The van der Waals surface area contributed by atoms with Crippen LogP contribution in [0.1, 0.15) is 16.7 Å². The van der Waals surface area contributed by atoms with E-state index in [0.29, 0.717) is 12.2 Å². The minimum atomic E-state index is -1.39. The third kappa shape index (κ3) is 4.38. The van der Waals surface area contributed by atoms with Gasteiger partial charge < -0.3 is 10.6 Å². The van der Waals surface area contributed by atoms with Gasteiger partial charge in [0.25, 0.3) is 0 Å². The van der Waals surface area contributed by atoms with Gasteiger partial charge in [0, 0.05) is 21.7 Å². The summed E-state index contributed by atoms with van der Waals surface area (Å²) in [5, 5.41) is 5.28. The van der Waals surface area contributed by atoms with Crippen molar-refractivity contribution >= 4 is 33.9 Å². The van der Waals surface area contributed by atoms with E-state index < -0.39 is 22.6 Å². The van der Waals surface area contributed by atoms with Gasteiger partial charge in [0.2, 0.25) is 0 Å². The minimum absolute atomic E-state index is 0.122. The molecule has 1 atom stereocenters. The number of amides is 2. The Bertz CT molecular complexity index is 701. The average Bonchev–Trinajstić information content (AvgIpc) is 2.93. The molecular weight excluding hydrogens is 323 g/mol. The van der Waals surface area contributed by atoms with E-state index in [1.165, 1.54) is 23.3 Å². The molecule has 2 amide bonds. The average molecular weight is 340 g/mol. The summed E-state index contributed by atoms with van der Waals surface area (Å²) in [6.07, 6.45) is 2.38. The molecule has 0 spiro atoms. The summed E-state index contributed by atoms with van der Waals surface area (Å²) >= 11 is 1.65. The predicted molar refractivity (Wildman–Crippen MR) is 88.3 cm³/mol. The van der Waals surface area contributed by atoms with Crippen LogP contribution >= 0.6 is 11.3 Å². The normalized spacial score (nSPS) is 12.0. The van der Waals surface area contributed by atoms with E-state index in [9.17, 15) is 13.4 Å². The number of hydrogen-bond donors (Lipinski definition) is 2. The number of halogens is 1. The van der Waals surface area contributed by atoms with Gasteiger partial charge in [-0.15, -0.1) is 11.3 Å². The first kappa shape index (κ1) is 16.6. The molecule has 2 rings (SSSR count). The molecule has 0 aliphatic rings. The highest BCUT2D eigenvalue weighted by molar-refractivity contribution is 7.84. The van der Waals surface area contributed by atoms with E-state index >= 15 is 0 Å². The van der Waals surface area contributed by atoms with Crippen molar-refractivity contribution < 1.29 is 13.4 Å². The van der Waals surface area contributed by atoms with Crippen LogP contribution in [0.5, 0.6) is 0 Å². The summed E-state index contributed by atoms with van der Waals surface area (Å²) in [5.74, 6) is -0.593. The Morgan fingerprint density at radius 3 is 2.59 bits per heavy atom. The number of hydrogen-bond acceptors (Lipinski definition) is 3. The Kier molecular flexibility index (Phi) is 5.68. The van der Waals surface area contributed by atoms with Crippen LogP contribution in [-0.4, -0.2) is 16.5 Å². The molecule has 1 unspecified atom stereocenters. The molecule has 0 bridgehead atoms. The van der Waals surface area contributed by atoms with E-state index in [4.69, 9.17) is 0 Å². The Hall–Kier alpha value is -1.73. The molecule has 0 radical (unpaired) electrons. The fourth-order valence-corrected chi connectivity index (χ4v) is 3.35. The SMILES string of the molecule is CCc1ccc(CNC(=O)Nc2ccc(S(C)=O)c(F)c2)s1. The van der Waals surface area contributed by atoms with Gasteiger partial charge >= 0.3 is 6.03 Å². The molecule has 0 saturated heterocycles. The Balaban J connectivity index is 1.91. The lowest BCUT2D eigenvalue weighted by Gasteiger charge is -2.08. The molecule has 0 aliphatic carbocycles. The van der Waals surface area contributed by atoms with Gasteiger partial charge in [-0.3, -0.25) is 4.21 Å². The van der Waals surface area contributed by atoms with Crippen molar-refractivity contribution in [2.75, 3.05) is 11.6 Å². The van der Waals surface area contributed by atoms with E-state index in [-0.39, 0.29) is 4.90 Å². The molecule has 0 saturated carbocycles. The van der Waals surface area contributed by atoms with E-state index in [1.807, 2.05) is 12.1 Å². The number of carbonyl (C=O) groups is 1. The first-order valence-corrected chi connectivity index (χ1v) is 9.12. The van der Waals surface area contributed by atoms with Crippen molar-refractivity contribution in [2.45, 2.75) is 24.8 Å². The molecule has 4 nitrogen and oxygen atoms in total. The summed E-state index contributed by atoms with van der Waals surface area (Å²) in [6, 6.07) is 7.72. The van der Waals surface area contributed by atoms with Crippen LogP contribution in [0.4, 0.5) is 14.9 Å². The third-order valence-corrected chi connectivity index (χ3v) is 5.17. The molecule has 1 aromatic carbocycles. The highest BCUT2D eigenvalue weighted by atomic mass is 32.2. The summed E-state index contributed by atoms with van der Waals surface area (Å²) in [6.45, 7) is 2.51. The van der Waals surface area contributed by atoms with Gasteiger partial charge in [0.05, 0.1) is 22.2 Å². The summed E-state index contributed by atoms with van der Waals surface area (Å²) in [4.78, 5) is 14.2. The number of thiophene rings is 1. The Morgan fingerprint density at radius 2 is 2.00 bits per heavy atom. The lowest BCUT2D eigenvalue weighted by atomic mass is 10.3. The second-order valence-corrected chi connectivity index (χ2v) is 7.23. The van der Waals surface area contributed by atoms with Crippen molar-refractivity contribution in [3.05, 3.63) is 45.9 Å². The third-order valence-electron chi connectivity index (χ3n) is 2.99. The van der Waals surface area contributed by atoms with Gasteiger partial charge in [0.1, 0.15) is 5.82 Å². The maximum Gasteiger partial charge on any atom is 0.319 e. The lowest BCUT2D eigenvalue weighted by Crippen LogP contribution is -2.27. The summed E-state index contributed by atoms with van der Waals surface area (Å²) < 4.78 is 24.9. The van der Waals surface area contributed by atoms with E-state index in [0.717, 1.165) is 17.4 Å². The molecule has 2 N–H and O–H groups in total. The van der Waals surface area contributed by atoms with Crippen LogP contribution in [0.15, 0.2) is 35.2 Å². The van der Waals surface area contributed by atoms with Gasteiger partial charge in [-0.1, -0.05) is 6.92 Å². The van der Waals surface area contributed by atoms with Crippen molar-refractivity contribution in [1.82, 2.24) is 5.32 Å². The number of benzene rings is 1. The number of urea groups is 1. The maximum atomic E-state index is 13.7. The zero-order chi connectivity index (χ0) is 16.1.